The fourth-order valence-electron chi connectivity index (χ4n) is 2.46. The van der Waals surface area contributed by atoms with Crippen molar-refractivity contribution in [3.8, 4) is 0 Å². The Bertz CT molecular complexity index is 577. The van der Waals surface area contributed by atoms with Gasteiger partial charge >= 0.3 is 0 Å². The lowest BCUT2D eigenvalue weighted by molar-refractivity contribution is 0.238. The summed E-state index contributed by atoms with van der Waals surface area (Å²) in [7, 11) is -0.274. The van der Waals surface area contributed by atoms with E-state index >= 15 is 0 Å². The van der Waals surface area contributed by atoms with Crippen molar-refractivity contribution >= 4 is 7.51 Å². The third-order valence-electron chi connectivity index (χ3n) is 3.93. The highest BCUT2D eigenvalue weighted by Crippen LogP contribution is 2.47. The van der Waals surface area contributed by atoms with Crippen LogP contribution < -0.4 is 0 Å². The molecular formula is C20H28NO2P. The van der Waals surface area contributed by atoms with Gasteiger partial charge in [-0.2, -0.15) is 0 Å². The maximum absolute atomic E-state index is 5.98. The van der Waals surface area contributed by atoms with E-state index in [9.17, 15) is 0 Å². The van der Waals surface area contributed by atoms with Gasteiger partial charge in [-0.3, -0.25) is 4.74 Å². The Labute approximate surface area is 146 Å². The summed E-state index contributed by atoms with van der Waals surface area (Å²) >= 11 is 0. The van der Waals surface area contributed by atoms with Gasteiger partial charge in [0, 0.05) is 13.7 Å². The Morgan fingerprint density at radius 2 is 1.17 bits per heavy atom. The van der Waals surface area contributed by atoms with Gasteiger partial charge in [0.25, 0.3) is 0 Å². The number of nitrogens with zero attached hydrogens (tertiary/aromatic N) is 1. The zero-order chi connectivity index (χ0) is 17.1. The highest BCUT2D eigenvalue weighted by atomic mass is 31.2. The van der Waals surface area contributed by atoms with Crippen molar-refractivity contribution in [3.05, 3.63) is 71.8 Å². The molecule has 2 aromatic rings. The van der Waals surface area contributed by atoms with Gasteiger partial charge in [0.2, 0.25) is 7.51 Å². The van der Waals surface area contributed by atoms with Crippen LogP contribution in [0.4, 0.5) is 0 Å². The quantitative estimate of drug-likeness (QED) is 0.416. The van der Waals surface area contributed by atoms with Gasteiger partial charge in [-0.15, -0.1) is 0 Å². The van der Waals surface area contributed by atoms with E-state index in [0.29, 0.717) is 13.2 Å². The molecule has 0 bridgehead atoms. The summed E-state index contributed by atoms with van der Waals surface area (Å²) in [6, 6.07) is 21.0. The van der Waals surface area contributed by atoms with Crippen LogP contribution in [0.15, 0.2) is 65.4 Å². The minimum absolute atomic E-state index is 0.690. The van der Waals surface area contributed by atoms with Crippen molar-refractivity contribution in [2.45, 2.75) is 25.7 Å². The van der Waals surface area contributed by atoms with Crippen molar-refractivity contribution in [2.75, 3.05) is 26.9 Å². The van der Waals surface area contributed by atoms with E-state index in [4.69, 9.17) is 9.05 Å². The first-order chi connectivity index (χ1) is 11.7. The molecule has 0 N–H and O–H groups in total. The molecule has 0 aliphatic carbocycles. The molecule has 0 aliphatic rings. The molecule has 2 rings (SSSR count). The zero-order valence-corrected chi connectivity index (χ0v) is 15.6. The number of benzene rings is 2. The standard InChI is InChI=1S/C20H28NO2P/c1-21-24(2,22-17-9-15-19-11-5-3-6-12-19)23-18-10-16-20-13-7-4-8-14-20/h3-8,11-14H,9-10,15-18H2,1-2H3. The fourth-order valence-corrected chi connectivity index (χ4v) is 3.70. The molecule has 0 saturated carbocycles. The van der Waals surface area contributed by atoms with Crippen LogP contribution in [0.5, 0.6) is 0 Å². The average molecular weight is 345 g/mol. The van der Waals surface area contributed by atoms with E-state index in [1.807, 2.05) is 18.8 Å². The number of hydrogen-bond donors (Lipinski definition) is 0. The summed E-state index contributed by atoms with van der Waals surface area (Å²) in [6.07, 6.45) is 4.03. The van der Waals surface area contributed by atoms with E-state index in [2.05, 4.69) is 53.3 Å². The predicted octanol–water partition coefficient (Wildman–Crippen LogP) is 5.58. The van der Waals surface area contributed by atoms with Gasteiger partial charge in [-0.25, -0.2) is 0 Å². The lowest BCUT2D eigenvalue weighted by Crippen LogP contribution is -2.01. The minimum Gasteiger partial charge on any atom is -0.324 e. The molecule has 0 unspecified atom stereocenters. The third-order valence-corrected chi connectivity index (χ3v) is 5.98. The van der Waals surface area contributed by atoms with Gasteiger partial charge in [0.15, 0.2) is 0 Å². The molecule has 24 heavy (non-hydrogen) atoms. The molecule has 130 valence electrons. The van der Waals surface area contributed by atoms with Crippen molar-refractivity contribution in [3.63, 3.8) is 0 Å². The van der Waals surface area contributed by atoms with Gasteiger partial charge in [0.1, 0.15) is 0 Å². The zero-order valence-electron chi connectivity index (χ0n) is 14.7. The normalized spacial score (nSPS) is 11.4. The second kappa shape index (κ2) is 10.5. The van der Waals surface area contributed by atoms with Crippen LogP contribution in [0, 0.1) is 0 Å². The first-order valence-corrected chi connectivity index (χ1v) is 10.6. The van der Waals surface area contributed by atoms with Crippen LogP contribution in [-0.2, 0) is 21.9 Å². The molecule has 0 spiro atoms. The monoisotopic (exact) mass is 345 g/mol. The summed E-state index contributed by atoms with van der Waals surface area (Å²) < 4.78 is 16.3. The summed E-state index contributed by atoms with van der Waals surface area (Å²) in [6.45, 7) is 3.38. The van der Waals surface area contributed by atoms with Crippen molar-refractivity contribution in [2.24, 2.45) is 4.74 Å². The first-order valence-electron chi connectivity index (χ1n) is 8.57. The maximum atomic E-state index is 5.98. The Morgan fingerprint density at radius 3 is 1.54 bits per heavy atom. The molecule has 0 radical (unpaired) electrons. The van der Waals surface area contributed by atoms with Crippen molar-refractivity contribution in [1.82, 2.24) is 0 Å². The maximum Gasteiger partial charge on any atom is 0.209 e. The lowest BCUT2D eigenvalue weighted by atomic mass is 10.1. The van der Waals surface area contributed by atoms with Crippen LogP contribution >= 0.6 is 7.51 Å². The number of rotatable bonds is 10. The second-order valence-corrected chi connectivity index (χ2v) is 8.37. The van der Waals surface area contributed by atoms with E-state index in [-0.39, 0.29) is 0 Å². The first kappa shape index (κ1) is 18.9. The highest BCUT2D eigenvalue weighted by molar-refractivity contribution is 7.55. The van der Waals surface area contributed by atoms with Crippen LogP contribution in [0.1, 0.15) is 24.0 Å². The van der Waals surface area contributed by atoms with E-state index in [0.717, 1.165) is 25.7 Å². The fraction of sp³-hybridized carbons (Fsp3) is 0.400. The Morgan fingerprint density at radius 1 is 0.750 bits per heavy atom. The van der Waals surface area contributed by atoms with Gasteiger partial charge in [-0.05, 0) is 36.8 Å². The molecule has 2 aromatic carbocycles. The van der Waals surface area contributed by atoms with Crippen molar-refractivity contribution in [1.29, 1.82) is 0 Å². The molecule has 0 aromatic heterocycles. The summed E-state index contributed by atoms with van der Waals surface area (Å²) in [5.41, 5.74) is 2.69. The summed E-state index contributed by atoms with van der Waals surface area (Å²) in [5, 5.41) is 0. The van der Waals surface area contributed by atoms with Gasteiger partial charge in [0.05, 0.1) is 13.2 Å². The lowest BCUT2D eigenvalue weighted by Gasteiger charge is -2.19. The van der Waals surface area contributed by atoms with E-state index in [1.165, 1.54) is 11.1 Å². The Balaban J connectivity index is 1.65. The molecular weight excluding hydrogens is 317 g/mol. The molecule has 0 amide bonds. The van der Waals surface area contributed by atoms with Crippen LogP contribution in [0.3, 0.4) is 0 Å². The van der Waals surface area contributed by atoms with Gasteiger partial charge in [-0.1, -0.05) is 60.7 Å². The smallest absolute Gasteiger partial charge is 0.209 e. The molecule has 0 heterocycles. The number of hydrogen-bond acceptors (Lipinski definition) is 3. The Hall–Kier alpha value is -1.41. The van der Waals surface area contributed by atoms with E-state index < -0.39 is 7.51 Å². The molecule has 0 saturated heterocycles. The molecule has 0 atom stereocenters. The molecule has 4 heteroatoms. The minimum atomic E-state index is -2.07. The highest BCUT2D eigenvalue weighted by Gasteiger charge is 2.13. The third kappa shape index (κ3) is 7.00. The van der Waals surface area contributed by atoms with E-state index in [1.54, 1.807) is 7.05 Å². The topological polar surface area (TPSA) is 30.8 Å². The van der Waals surface area contributed by atoms with Gasteiger partial charge < -0.3 is 9.05 Å². The molecule has 3 nitrogen and oxygen atoms in total. The average Bonchev–Trinajstić information content (AvgIpc) is 2.64. The van der Waals surface area contributed by atoms with Crippen molar-refractivity contribution < 1.29 is 9.05 Å². The van der Waals surface area contributed by atoms with Crippen LogP contribution in [0.2, 0.25) is 0 Å². The van der Waals surface area contributed by atoms with Crippen LogP contribution in [-0.4, -0.2) is 26.9 Å². The summed E-state index contributed by atoms with van der Waals surface area (Å²) in [5.74, 6) is 0. The summed E-state index contributed by atoms with van der Waals surface area (Å²) in [4.78, 5) is 0. The molecule has 0 fully saturated rings. The Kier molecular flexibility index (Phi) is 8.24. The predicted molar refractivity (Wildman–Crippen MR) is 103 cm³/mol. The second-order valence-electron chi connectivity index (χ2n) is 5.85. The van der Waals surface area contributed by atoms with Crippen LogP contribution in [0.25, 0.3) is 0 Å². The SMILES string of the molecule is CN=P(C)(OCCCc1ccccc1)OCCCc1ccccc1. The number of aryl methyl sites for hydroxylation is 2. The molecule has 0 aliphatic heterocycles. The largest absolute Gasteiger partial charge is 0.324 e.